The number of anilines is 1. The standard InChI is InChI=1S/C14H19F2N/c1-9-3-4-10(2)14(7-9)17-13-6-5-11(15)8-12(13)16/h5-6,8-10,14,17H,3-4,7H2,1-2H3. The lowest BCUT2D eigenvalue weighted by molar-refractivity contribution is 0.280. The van der Waals surface area contributed by atoms with Crippen LogP contribution in [-0.2, 0) is 0 Å². The second-order valence-corrected chi connectivity index (χ2v) is 5.27. The van der Waals surface area contributed by atoms with Crippen LogP contribution in [0.2, 0.25) is 0 Å². The van der Waals surface area contributed by atoms with E-state index in [1.807, 2.05) is 0 Å². The van der Waals surface area contributed by atoms with E-state index in [1.54, 1.807) is 0 Å². The first-order valence-corrected chi connectivity index (χ1v) is 6.28. The van der Waals surface area contributed by atoms with Gasteiger partial charge in [-0.1, -0.05) is 20.3 Å². The maximum Gasteiger partial charge on any atom is 0.149 e. The van der Waals surface area contributed by atoms with Gasteiger partial charge in [0.25, 0.3) is 0 Å². The van der Waals surface area contributed by atoms with Gasteiger partial charge in [0.2, 0.25) is 0 Å². The number of halogens is 2. The fraction of sp³-hybridized carbons (Fsp3) is 0.571. The summed E-state index contributed by atoms with van der Waals surface area (Å²) in [5.74, 6) is 0.177. The van der Waals surface area contributed by atoms with Crippen LogP contribution < -0.4 is 5.32 Å². The van der Waals surface area contributed by atoms with Gasteiger partial charge in [0, 0.05) is 12.1 Å². The molecule has 1 aromatic rings. The summed E-state index contributed by atoms with van der Waals surface area (Å²) in [5, 5.41) is 3.21. The van der Waals surface area contributed by atoms with Crippen molar-refractivity contribution in [2.45, 2.75) is 39.2 Å². The Morgan fingerprint density at radius 1 is 1.18 bits per heavy atom. The Morgan fingerprint density at radius 2 is 1.94 bits per heavy atom. The molecule has 94 valence electrons. The molecule has 1 aromatic carbocycles. The molecule has 0 radical (unpaired) electrons. The summed E-state index contributed by atoms with van der Waals surface area (Å²) in [6.07, 6.45) is 3.46. The minimum absolute atomic E-state index is 0.290. The van der Waals surface area contributed by atoms with Gasteiger partial charge in [0.05, 0.1) is 5.69 Å². The maximum absolute atomic E-state index is 13.5. The van der Waals surface area contributed by atoms with Crippen LogP contribution in [0.5, 0.6) is 0 Å². The molecule has 3 heteroatoms. The Bertz CT molecular complexity index is 392. The molecule has 0 bridgehead atoms. The van der Waals surface area contributed by atoms with Crippen LogP contribution in [0.4, 0.5) is 14.5 Å². The van der Waals surface area contributed by atoms with Gasteiger partial charge in [-0.2, -0.15) is 0 Å². The van der Waals surface area contributed by atoms with Gasteiger partial charge < -0.3 is 5.32 Å². The van der Waals surface area contributed by atoms with Crippen LogP contribution in [0.15, 0.2) is 18.2 Å². The van der Waals surface area contributed by atoms with Crippen molar-refractivity contribution in [3.8, 4) is 0 Å². The molecule has 0 amide bonds. The number of hydrogen-bond acceptors (Lipinski definition) is 1. The zero-order chi connectivity index (χ0) is 12.4. The minimum Gasteiger partial charge on any atom is -0.380 e. The highest BCUT2D eigenvalue weighted by Crippen LogP contribution is 2.31. The highest BCUT2D eigenvalue weighted by Gasteiger charge is 2.25. The van der Waals surface area contributed by atoms with E-state index in [0.717, 1.165) is 12.5 Å². The summed E-state index contributed by atoms with van der Waals surface area (Å²) in [7, 11) is 0. The Labute approximate surface area is 101 Å². The molecule has 0 spiro atoms. The quantitative estimate of drug-likeness (QED) is 0.815. The van der Waals surface area contributed by atoms with E-state index >= 15 is 0 Å². The largest absolute Gasteiger partial charge is 0.380 e. The van der Waals surface area contributed by atoms with Gasteiger partial charge in [0.15, 0.2) is 0 Å². The second kappa shape index (κ2) is 5.03. The van der Waals surface area contributed by atoms with E-state index in [1.165, 1.54) is 25.0 Å². The third-order valence-corrected chi connectivity index (χ3v) is 3.73. The summed E-state index contributed by atoms with van der Waals surface area (Å²) < 4.78 is 26.3. The van der Waals surface area contributed by atoms with E-state index in [0.29, 0.717) is 23.6 Å². The van der Waals surface area contributed by atoms with Gasteiger partial charge in [-0.15, -0.1) is 0 Å². The van der Waals surface area contributed by atoms with E-state index in [9.17, 15) is 8.78 Å². The van der Waals surface area contributed by atoms with E-state index in [-0.39, 0.29) is 0 Å². The summed E-state index contributed by atoms with van der Waals surface area (Å²) >= 11 is 0. The lowest BCUT2D eigenvalue weighted by Crippen LogP contribution is -2.33. The van der Waals surface area contributed by atoms with Gasteiger partial charge in [-0.3, -0.25) is 0 Å². The molecule has 1 fully saturated rings. The monoisotopic (exact) mass is 239 g/mol. The molecule has 3 unspecified atom stereocenters. The first-order chi connectivity index (χ1) is 8.06. The normalized spacial score (nSPS) is 29.1. The van der Waals surface area contributed by atoms with Crippen molar-refractivity contribution in [1.29, 1.82) is 0 Å². The van der Waals surface area contributed by atoms with Crippen LogP contribution in [0.3, 0.4) is 0 Å². The first-order valence-electron chi connectivity index (χ1n) is 6.28. The minimum atomic E-state index is -0.530. The molecule has 2 rings (SSSR count). The van der Waals surface area contributed by atoms with E-state index in [2.05, 4.69) is 19.2 Å². The van der Waals surface area contributed by atoms with Crippen LogP contribution in [0.1, 0.15) is 33.1 Å². The summed E-state index contributed by atoms with van der Waals surface area (Å²) in [4.78, 5) is 0. The van der Waals surface area contributed by atoms with E-state index < -0.39 is 11.6 Å². The average molecular weight is 239 g/mol. The molecule has 17 heavy (non-hydrogen) atoms. The summed E-state index contributed by atoms with van der Waals surface area (Å²) in [5.41, 5.74) is 0.414. The van der Waals surface area contributed by atoms with Gasteiger partial charge >= 0.3 is 0 Å². The molecule has 0 aliphatic heterocycles. The van der Waals surface area contributed by atoms with Crippen molar-refractivity contribution < 1.29 is 8.78 Å². The van der Waals surface area contributed by atoms with Crippen LogP contribution in [-0.4, -0.2) is 6.04 Å². The van der Waals surface area contributed by atoms with Crippen LogP contribution >= 0.6 is 0 Å². The smallest absolute Gasteiger partial charge is 0.149 e. The molecule has 3 atom stereocenters. The predicted octanol–water partition coefficient (Wildman–Crippen LogP) is 4.20. The molecule has 1 N–H and O–H groups in total. The molecule has 1 aliphatic rings. The van der Waals surface area contributed by atoms with Crippen LogP contribution in [0.25, 0.3) is 0 Å². The maximum atomic E-state index is 13.5. The molecule has 0 saturated heterocycles. The van der Waals surface area contributed by atoms with Crippen molar-refractivity contribution in [1.82, 2.24) is 0 Å². The Morgan fingerprint density at radius 3 is 2.65 bits per heavy atom. The Balaban J connectivity index is 2.08. The number of nitrogens with one attached hydrogen (secondary N) is 1. The molecular weight excluding hydrogens is 220 g/mol. The third kappa shape index (κ3) is 2.96. The number of hydrogen-bond donors (Lipinski definition) is 1. The van der Waals surface area contributed by atoms with Crippen molar-refractivity contribution in [2.24, 2.45) is 11.8 Å². The molecule has 0 heterocycles. The number of benzene rings is 1. The lowest BCUT2D eigenvalue weighted by Gasteiger charge is -2.34. The molecule has 1 saturated carbocycles. The van der Waals surface area contributed by atoms with Crippen molar-refractivity contribution in [3.63, 3.8) is 0 Å². The average Bonchev–Trinajstić information content (AvgIpc) is 2.27. The first kappa shape index (κ1) is 12.3. The van der Waals surface area contributed by atoms with Crippen molar-refractivity contribution >= 4 is 5.69 Å². The van der Waals surface area contributed by atoms with Gasteiger partial charge in [0.1, 0.15) is 11.6 Å². The molecular formula is C14H19F2N. The predicted molar refractivity (Wildman–Crippen MR) is 65.9 cm³/mol. The van der Waals surface area contributed by atoms with Crippen molar-refractivity contribution in [2.75, 3.05) is 5.32 Å². The van der Waals surface area contributed by atoms with Crippen LogP contribution in [0, 0.1) is 23.5 Å². The lowest BCUT2D eigenvalue weighted by atomic mass is 9.80. The fourth-order valence-corrected chi connectivity index (χ4v) is 2.54. The highest BCUT2D eigenvalue weighted by molar-refractivity contribution is 5.45. The molecule has 0 aromatic heterocycles. The third-order valence-electron chi connectivity index (χ3n) is 3.73. The van der Waals surface area contributed by atoms with Gasteiger partial charge in [-0.25, -0.2) is 8.78 Å². The van der Waals surface area contributed by atoms with E-state index in [4.69, 9.17) is 0 Å². The highest BCUT2D eigenvalue weighted by atomic mass is 19.1. The summed E-state index contributed by atoms with van der Waals surface area (Å²) in [6.45, 7) is 4.41. The Kier molecular flexibility index (Phi) is 3.65. The summed E-state index contributed by atoms with van der Waals surface area (Å²) in [6, 6.07) is 4.00. The topological polar surface area (TPSA) is 12.0 Å². The fourth-order valence-electron chi connectivity index (χ4n) is 2.54. The van der Waals surface area contributed by atoms with Gasteiger partial charge in [-0.05, 0) is 36.8 Å². The molecule has 1 nitrogen and oxygen atoms in total. The SMILES string of the molecule is CC1CCC(C)C(Nc2ccc(F)cc2F)C1. The zero-order valence-corrected chi connectivity index (χ0v) is 10.3. The zero-order valence-electron chi connectivity index (χ0n) is 10.3. The van der Waals surface area contributed by atoms with Crippen molar-refractivity contribution in [3.05, 3.63) is 29.8 Å². The molecule has 1 aliphatic carbocycles. The Hall–Kier alpha value is -1.12. The number of rotatable bonds is 2. The second-order valence-electron chi connectivity index (χ2n) is 5.27.